The third-order valence-corrected chi connectivity index (χ3v) is 4.40. The predicted molar refractivity (Wildman–Crippen MR) is 67.7 cm³/mol. The van der Waals surface area contributed by atoms with Crippen LogP contribution >= 0.6 is 0 Å². The van der Waals surface area contributed by atoms with E-state index in [1.807, 2.05) is 4.90 Å². The highest BCUT2D eigenvalue weighted by Crippen LogP contribution is 2.35. The number of aromatic nitrogens is 2. The van der Waals surface area contributed by atoms with E-state index in [9.17, 15) is 18.3 Å². The maximum Gasteiger partial charge on any atom is 0.455 e. The summed E-state index contributed by atoms with van der Waals surface area (Å²) < 4.78 is 47.7. The van der Waals surface area contributed by atoms with Gasteiger partial charge in [0.25, 0.3) is 5.82 Å². The van der Waals surface area contributed by atoms with Gasteiger partial charge in [0.15, 0.2) is 0 Å². The molecule has 3 rings (SSSR count). The molecule has 0 aliphatic carbocycles. The third kappa shape index (κ3) is 3.11. The monoisotopic (exact) mass is 321 g/mol. The molecule has 1 atom stereocenters. The molecule has 6 nitrogen and oxygen atoms in total. The zero-order chi connectivity index (χ0) is 15.8. The molecule has 2 saturated heterocycles. The fourth-order valence-electron chi connectivity index (χ4n) is 3.10. The third-order valence-electron chi connectivity index (χ3n) is 4.40. The van der Waals surface area contributed by atoms with Gasteiger partial charge in [-0.25, -0.2) is 0 Å². The highest BCUT2D eigenvalue weighted by Gasteiger charge is 2.44. The minimum atomic E-state index is -4.59. The normalized spacial score (nSPS) is 26.5. The Morgan fingerprint density at radius 2 is 2.05 bits per heavy atom. The number of hydrogen-bond donors (Lipinski definition) is 1. The molecule has 1 aromatic heterocycles. The average molecular weight is 321 g/mol. The summed E-state index contributed by atoms with van der Waals surface area (Å²) in [6, 6.07) is 0. The van der Waals surface area contributed by atoms with Gasteiger partial charge >= 0.3 is 6.18 Å². The molecule has 2 aliphatic rings. The van der Waals surface area contributed by atoms with Crippen molar-refractivity contribution in [1.29, 1.82) is 0 Å². The number of alkyl halides is 3. The lowest BCUT2D eigenvalue weighted by Crippen LogP contribution is -2.55. The number of nitrogens with zero attached hydrogens (tertiary/aromatic N) is 3. The van der Waals surface area contributed by atoms with Crippen LogP contribution in [-0.4, -0.2) is 51.5 Å². The topological polar surface area (TPSA) is 71.6 Å². The van der Waals surface area contributed by atoms with Crippen molar-refractivity contribution in [2.45, 2.75) is 50.1 Å². The Morgan fingerprint density at radius 3 is 2.64 bits per heavy atom. The number of hydrogen-bond acceptors (Lipinski definition) is 6. The van der Waals surface area contributed by atoms with Crippen LogP contribution in [0.25, 0.3) is 0 Å². The number of rotatable bonds is 2. The number of aliphatic hydroxyl groups is 1. The zero-order valence-corrected chi connectivity index (χ0v) is 12.0. The molecule has 1 aromatic rings. The molecule has 0 bridgehead atoms. The molecule has 9 heteroatoms. The Bertz CT molecular complexity index is 512. The summed E-state index contributed by atoms with van der Waals surface area (Å²) in [5.74, 6) is -1.30. The highest BCUT2D eigenvalue weighted by molar-refractivity contribution is 4.97. The molecular weight excluding hydrogens is 303 g/mol. The van der Waals surface area contributed by atoms with Gasteiger partial charge in [0.05, 0.1) is 18.2 Å². The van der Waals surface area contributed by atoms with E-state index < -0.39 is 23.7 Å². The van der Waals surface area contributed by atoms with E-state index in [0.29, 0.717) is 32.5 Å². The van der Waals surface area contributed by atoms with E-state index in [-0.39, 0.29) is 12.4 Å². The van der Waals surface area contributed by atoms with Gasteiger partial charge in [0.2, 0.25) is 5.89 Å². The molecule has 0 saturated carbocycles. The van der Waals surface area contributed by atoms with Crippen molar-refractivity contribution in [3.63, 3.8) is 0 Å². The largest absolute Gasteiger partial charge is 0.455 e. The van der Waals surface area contributed by atoms with Gasteiger partial charge in [-0.2, -0.15) is 18.2 Å². The first kappa shape index (κ1) is 15.7. The van der Waals surface area contributed by atoms with E-state index >= 15 is 0 Å². The Balaban J connectivity index is 1.57. The van der Waals surface area contributed by atoms with Gasteiger partial charge in [-0.3, -0.25) is 4.90 Å². The molecule has 22 heavy (non-hydrogen) atoms. The Labute approximate surface area is 125 Å². The fourth-order valence-corrected chi connectivity index (χ4v) is 3.10. The first-order valence-electron chi connectivity index (χ1n) is 7.33. The highest BCUT2D eigenvalue weighted by atomic mass is 19.4. The molecule has 124 valence electrons. The van der Waals surface area contributed by atoms with Crippen LogP contribution in [0.4, 0.5) is 13.2 Å². The second kappa shape index (κ2) is 5.78. The smallest absolute Gasteiger partial charge is 0.390 e. The minimum Gasteiger partial charge on any atom is -0.390 e. The molecule has 0 aromatic carbocycles. The molecule has 1 spiro atoms. The SMILES string of the molecule is O[C@H]1CCCOC12CCN(Cc1nc(C(F)(F)F)no1)CC2. The van der Waals surface area contributed by atoms with Crippen molar-refractivity contribution in [1.82, 2.24) is 15.0 Å². The van der Waals surface area contributed by atoms with E-state index in [0.717, 1.165) is 12.8 Å². The van der Waals surface area contributed by atoms with Gasteiger partial charge in [0.1, 0.15) is 0 Å². The van der Waals surface area contributed by atoms with Crippen LogP contribution in [0.3, 0.4) is 0 Å². The van der Waals surface area contributed by atoms with Crippen LogP contribution in [0.1, 0.15) is 37.4 Å². The number of halogens is 3. The maximum absolute atomic E-state index is 12.4. The molecule has 3 heterocycles. The Hall–Kier alpha value is -1.19. The second-order valence-electron chi connectivity index (χ2n) is 5.86. The predicted octanol–water partition coefficient (Wildman–Crippen LogP) is 1.59. The minimum absolute atomic E-state index is 0.0478. The fraction of sp³-hybridized carbons (Fsp3) is 0.846. The van der Waals surface area contributed by atoms with E-state index in [1.54, 1.807) is 0 Å². The van der Waals surface area contributed by atoms with E-state index in [1.165, 1.54) is 0 Å². The van der Waals surface area contributed by atoms with Crippen LogP contribution in [-0.2, 0) is 17.5 Å². The molecule has 0 amide bonds. The Morgan fingerprint density at radius 1 is 1.32 bits per heavy atom. The van der Waals surface area contributed by atoms with Crippen molar-refractivity contribution in [3.8, 4) is 0 Å². The van der Waals surface area contributed by atoms with Gasteiger partial charge in [-0.05, 0) is 25.7 Å². The van der Waals surface area contributed by atoms with Crippen LogP contribution in [0, 0.1) is 0 Å². The lowest BCUT2D eigenvalue weighted by molar-refractivity contribution is -0.177. The summed E-state index contributed by atoms with van der Waals surface area (Å²) in [5.41, 5.74) is -0.499. The molecule has 2 fully saturated rings. The standard InChI is InChI=1S/C13H18F3N3O3/c14-13(15,16)11-17-10(22-18-11)8-19-5-3-12(4-6-19)9(20)2-1-7-21-12/h9,20H,1-8H2/t9-/m0/s1. The van der Waals surface area contributed by atoms with Gasteiger partial charge < -0.3 is 14.4 Å². The summed E-state index contributed by atoms with van der Waals surface area (Å²) in [7, 11) is 0. The Kier molecular flexibility index (Phi) is 4.13. The van der Waals surface area contributed by atoms with Crippen LogP contribution in [0.2, 0.25) is 0 Å². The average Bonchev–Trinajstić information content (AvgIpc) is 2.93. The van der Waals surface area contributed by atoms with Gasteiger partial charge in [-0.15, -0.1) is 0 Å². The van der Waals surface area contributed by atoms with Crippen LogP contribution < -0.4 is 0 Å². The maximum atomic E-state index is 12.4. The summed E-state index contributed by atoms with van der Waals surface area (Å²) in [6.07, 6.45) is -2.17. The number of likely N-dealkylation sites (tertiary alicyclic amines) is 1. The summed E-state index contributed by atoms with van der Waals surface area (Å²) in [5, 5.41) is 13.1. The summed E-state index contributed by atoms with van der Waals surface area (Å²) in [6.45, 7) is 2.05. The first-order valence-corrected chi connectivity index (χ1v) is 7.33. The molecule has 2 aliphatic heterocycles. The van der Waals surface area contributed by atoms with Crippen molar-refractivity contribution >= 4 is 0 Å². The number of piperidine rings is 1. The second-order valence-corrected chi connectivity index (χ2v) is 5.86. The van der Waals surface area contributed by atoms with Crippen LogP contribution in [0.15, 0.2) is 4.52 Å². The molecular formula is C13H18F3N3O3. The van der Waals surface area contributed by atoms with E-state index in [4.69, 9.17) is 4.74 Å². The van der Waals surface area contributed by atoms with Crippen molar-refractivity contribution in [2.75, 3.05) is 19.7 Å². The number of aliphatic hydroxyl groups excluding tert-OH is 1. The van der Waals surface area contributed by atoms with Crippen molar-refractivity contribution < 1.29 is 27.5 Å². The lowest BCUT2D eigenvalue weighted by atomic mass is 9.82. The zero-order valence-electron chi connectivity index (χ0n) is 12.0. The summed E-state index contributed by atoms with van der Waals surface area (Å²) >= 11 is 0. The summed E-state index contributed by atoms with van der Waals surface area (Å²) in [4.78, 5) is 5.30. The van der Waals surface area contributed by atoms with Gasteiger partial charge in [-0.1, -0.05) is 5.16 Å². The van der Waals surface area contributed by atoms with Crippen molar-refractivity contribution in [3.05, 3.63) is 11.7 Å². The molecule has 0 radical (unpaired) electrons. The first-order chi connectivity index (χ1) is 10.4. The van der Waals surface area contributed by atoms with Gasteiger partial charge in [0, 0.05) is 19.7 Å². The van der Waals surface area contributed by atoms with E-state index in [2.05, 4.69) is 14.7 Å². The van der Waals surface area contributed by atoms with Crippen molar-refractivity contribution in [2.24, 2.45) is 0 Å². The molecule has 1 N–H and O–H groups in total. The lowest BCUT2D eigenvalue weighted by Gasteiger charge is -2.46. The van der Waals surface area contributed by atoms with Crippen LogP contribution in [0.5, 0.6) is 0 Å². The number of ether oxygens (including phenoxy) is 1. The molecule has 0 unspecified atom stereocenters. The quantitative estimate of drug-likeness (QED) is 0.892.